The summed E-state index contributed by atoms with van der Waals surface area (Å²) in [5, 5.41) is 8.92. The number of thioether (sulfide) groups is 1. The first-order valence-electron chi connectivity index (χ1n) is 8.49. The molecule has 25 heavy (non-hydrogen) atoms. The van der Waals surface area contributed by atoms with Crippen LogP contribution in [-0.4, -0.2) is 22.6 Å². The molecule has 4 nitrogen and oxygen atoms in total. The molecule has 0 aliphatic heterocycles. The second-order valence-electron chi connectivity index (χ2n) is 5.84. The van der Waals surface area contributed by atoms with E-state index in [-0.39, 0.29) is 0 Å². The number of ether oxygens (including phenoxy) is 1. The standard InChI is InChI=1S/C20H22N2O2S/c1-16(17-9-4-2-5-10-17)15-19-21-22-20(24-19)25-14-8-13-23-18-11-6-3-7-12-18/h2-7,9-12,16H,8,13-15H2,1H3. The lowest BCUT2D eigenvalue weighted by Gasteiger charge is -2.08. The van der Waals surface area contributed by atoms with Crippen LogP contribution in [0.2, 0.25) is 0 Å². The lowest BCUT2D eigenvalue weighted by atomic mass is 9.98. The van der Waals surface area contributed by atoms with Crippen LogP contribution in [0.25, 0.3) is 0 Å². The van der Waals surface area contributed by atoms with Crippen LogP contribution in [0.1, 0.15) is 30.7 Å². The van der Waals surface area contributed by atoms with Crippen molar-refractivity contribution in [3.8, 4) is 5.75 Å². The Morgan fingerprint density at radius 2 is 1.72 bits per heavy atom. The van der Waals surface area contributed by atoms with Crippen molar-refractivity contribution in [1.82, 2.24) is 10.2 Å². The molecule has 0 aliphatic rings. The van der Waals surface area contributed by atoms with Crippen LogP contribution in [0.15, 0.2) is 70.3 Å². The van der Waals surface area contributed by atoms with Crippen LogP contribution in [-0.2, 0) is 6.42 Å². The lowest BCUT2D eigenvalue weighted by molar-refractivity contribution is 0.318. The first-order valence-corrected chi connectivity index (χ1v) is 9.48. The molecule has 0 fully saturated rings. The minimum absolute atomic E-state index is 0.360. The number of nitrogens with zero attached hydrogens (tertiary/aromatic N) is 2. The molecule has 0 bridgehead atoms. The highest BCUT2D eigenvalue weighted by molar-refractivity contribution is 7.99. The van der Waals surface area contributed by atoms with Crippen molar-refractivity contribution >= 4 is 11.8 Å². The minimum atomic E-state index is 0.360. The van der Waals surface area contributed by atoms with Crippen LogP contribution < -0.4 is 4.74 Å². The SMILES string of the molecule is CC(Cc1nnc(SCCCOc2ccccc2)o1)c1ccccc1. The number of benzene rings is 2. The largest absolute Gasteiger partial charge is 0.494 e. The fourth-order valence-electron chi connectivity index (χ4n) is 2.47. The molecule has 2 aromatic carbocycles. The average molecular weight is 354 g/mol. The van der Waals surface area contributed by atoms with Gasteiger partial charge in [-0.25, -0.2) is 0 Å². The maximum atomic E-state index is 5.74. The summed E-state index contributed by atoms with van der Waals surface area (Å²) >= 11 is 1.58. The first kappa shape index (κ1) is 17.5. The highest BCUT2D eigenvalue weighted by atomic mass is 32.2. The third-order valence-corrected chi connectivity index (χ3v) is 4.73. The minimum Gasteiger partial charge on any atom is -0.494 e. The second-order valence-corrected chi connectivity index (χ2v) is 6.89. The highest BCUT2D eigenvalue weighted by Gasteiger charge is 2.12. The van der Waals surface area contributed by atoms with E-state index in [2.05, 4.69) is 41.4 Å². The van der Waals surface area contributed by atoms with Crippen LogP contribution >= 0.6 is 11.8 Å². The van der Waals surface area contributed by atoms with Crippen molar-refractivity contribution in [2.75, 3.05) is 12.4 Å². The molecule has 1 heterocycles. The zero-order valence-electron chi connectivity index (χ0n) is 14.3. The lowest BCUT2D eigenvalue weighted by Crippen LogP contribution is -1.98. The zero-order chi connectivity index (χ0) is 17.3. The molecule has 0 saturated heterocycles. The molecule has 1 aromatic heterocycles. The van der Waals surface area contributed by atoms with Crippen molar-refractivity contribution in [3.63, 3.8) is 0 Å². The number of aromatic nitrogens is 2. The Labute approximate surface area is 152 Å². The smallest absolute Gasteiger partial charge is 0.276 e. The van der Waals surface area contributed by atoms with Gasteiger partial charge in [-0.2, -0.15) is 0 Å². The Balaban J connectivity index is 1.38. The molecular weight excluding hydrogens is 332 g/mol. The van der Waals surface area contributed by atoms with E-state index in [1.807, 2.05) is 36.4 Å². The maximum absolute atomic E-state index is 5.74. The first-order chi connectivity index (χ1) is 12.3. The second kappa shape index (κ2) is 9.28. The van der Waals surface area contributed by atoms with Gasteiger partial charge in [0.2, 0.25) is 5.89 Å². The number of hydrogen-bond donors (Lipinski definition) is 0. The Kier molecular flexibility index (Phi) is 6.51. The summed E-state index contributed by atoms with van der Waals surface area (Å²) < 4.78 is 11.4. The van der Waals surface area contributed by atoms with Gasteiger partial charge in [-0.3, -0.25) is 0 Å². The zero-order valence-corrected chi connectivity index (χ0v) is 15.1. The van der Waals surface area contributed by atoms with E-state index in [1.165, 1.54) is 5.56 Å². The Morgan fingerprint density at radius 1 is 1.00 bits per heavy atom. The van der Waals surface area contributed by atoms with Gasteiger partial charge in [0.15, 0.2) is 0 Å². The summed E-state index contributed by atoms with van der Waals surface area (Å²) in [5.74, 6) is 2.85. The van der Waals surface area contributed by atoms with E-state index in [0.717, 1.165) is 24.3 Å². The summed E-state index contributed by atoms with van der Waals surface area (Å²) in [7, 11) is 0. The molecule has 3 rings (SSSR count). The van der Waals surface area contributed by atoms with Crippen LogP contribution in [0, 0.1) is 0 Å². The topological polar surface area (TPSA) is 48.2 Å². The van der Waals surface area contributed by atoms with E-state index in [9.17, 15) is 0 Å². The van der Waals surface area contributed by atoms with Gasteiger partial charge in [0.25, 0.3) is 5.22 Å². The van der Waals surface area contributed by atoms with E-state index < -0.39 is 0 Å². The predicted octanol–water partition coefficient (Wildman–Crippen LogP) is 4.98. The maximum Gasteiger partial charge on any atom is 0.276 e. The quantitative estimate of drug-likeness (QED) is 0.401. The molecule has 0 amide bonds. The summed E-state index contributed by atoms with van der Waals surface area (Å²) in [6.45, 7) is 2.86. The molecule has 5 heteroatoms. The Bertz CT molecular complexity index is 747. The molecule has 1 atom stereocenters. The molecule has 0 spiro atoms. The highest BCUT2D eigenvalue weighted by Crippen LogP contribution is 2.22. The summed E-state index contributed by atoms with van der Waals surface area (Å²) in [4.78, 5) is 0. The summed E-state index contributed by atoms with van der Waals surface area (Å²) in [6, 6.07) is 20.2. The Hall–Kier alpha value is -2.27. The monoisotopic (exact) mass is 354 g/mol. The molecule has 0 saturated carbocycles. The van der Waals surface area contributed by atoms with Crippen LogP contribution in [0.4, 0.5) is 0 Å². The number of para-hydroxylation sites is 1. The number of rotatable bonds is 9. The molecule has 3 aromatic rings. The third kappa shape index (κ3) is 5.64. The normalized spacial score (nSPS) is 12.0. The van der Waals surface area contributed by atoms with E-state index in [4.69, 9.17) is 9.15 Å². The van der Waals surface area contributed by atoms with Gasteiger partial charge in [-0.15, -0.1) is 10.2 Å². The van der Waals surface area contributed by atoms with Crippen LogP contribution in [0.5, 0.6) is 5.75 Å². The summed E-state index contributed by atoms with van der Waals surface area (Å²) in [5.41, 5.74) is 1.29. The van der Waals surface area contributed by atoms with Gasteiger partial charge < -0.3 is 9.15 Å². The van der Waals surface area contributed by atoms with Crippen molar-refractivity contribution in [2.24, 2.45) is 0 Å². The molecule has 1 unspecified atom stereocenters. The van der Waals surface area contributed by atoms with Gasteiger partial charge in [0.05, 0.1) is 6.61 Å². The fourth-order valence-corrected chi connectivity index (χ4v) is 3.16. The van der Waals surface area contributed by atoms with Gasteiger partial charge in [0, 0.05) is 12.2 Å². The van der Waals surface area contributed by atoms with Crippen molar-refractivity contribution in [3.05, 3.63) is 72.1 Å². The van der Waals surface area contributed by atoms with Gasteiger partial charge >= 0.3 is 0 Å². The molecule has 130 valence electrons. The molecular formula is C20H22N2O2S. The van der Waals surface area contributed by atoms with Gasteiger partial charge in [0.1, 0.15) is 5.75 Å². The third-order valence-electron chi connectivity index (χ3n) is 3.82. The van der Waals surface area contributed by atoms with Crippen LogP contribution in [0.3, 0.4) is 0 Å². The van der Waals surface area contributed by atoms with Gasteiger partial charge in [-0.1, -0.05) is 67.2 Å². The Morgan fingerprint density at radius 3 is 2.48 bits per heavy atom. The average Bonchev–Trinajstić information content (AvgIpc) is 3.10. The molecule has 0 aliphatic carbocycles. The summed E-state index contributed by atoms with van der Waals surface area (Å²) in [6.07, 6.45) is 1.69. The molecule has 0 N–H and O–H groups in total. The fraction of sp³-hybridized carbons (Fsp3) is 0.300. The van der Waals surface area contributed by atoms with E-state index >= 15 is 0 Å². The molecule has 0 radical (unpaired) electrons. The van der Waals surface area contributed by atoms with Crippen molar-refractivity contribution in [1.29, 1.82) is 0 Å². The van der Waals surface area contributed by atoms with E-state index in [1.54, 1.807) is 11.8 Å². The van der Waals surface area contributed by atoms with Crippen molar-refractivity contribution in [2.45, 2.75) is 30.9 Å². The van der Waals surface area contributed by atoms with Gasteiger partial charge in [-0.05, 0) is 30.0 Å². The van der Waals surface area contributed by atoms with E-state index in [0.29, 0.717) is 23.6 Å². The predicted molar refractivity (Wildman–Crippen MR) is 100 cm³/mol. The van der Waals surface area contributed by atoms with Crippen molar-refractivity contribution < 1.29 is 9.15 Å². The number of hydrogen-bond acceptors (Lipinski definition) is 5.